The number of nitrogens with zero attached hydrogens (tertiary/aromatic N) is 2. The number of hydrogen-bond acceptors (Lipinski definition) is 3. The molecule has 0 bridgehead atoms. The number of ether oxygens (including phenoxy) is 1. The number of carbonyl (C=O) groups is 2. The molecule has 0 saturated carbocycles. The first-order chi connectivity index (χ1) is 13.7. The third-order valence-corrected chi connectivity index (χ3v) is 6.60. The highest BCUT2D eigenvalue weighted by atomic mass is 16.5. The van der Waals surface area contributed by atoms with E-state index in [0.29, 0.717) is 6.42 Å². The Balaban J connectivity index is 1.27. The molecule has 0 radical (unpaired) electrons. The minimum Gasteiger partial charge on any atom is -0.381 e. The molecule has 1 N–H and O–H groups in total. The summed E-state index contributed by atoms with van der Waals surface area (Å²) in [6.07, 6.45) is 6.00. The zero-order chi connectivity index (χ0) is 19.4. The van der Waals surface area contributed by atoms with Crippen LogP contribution in [0.1, 0.15) is 44.1 Å². The molecule has 1 spiro atoms. The van der Waals surface area contributed by atoms with E-state index in [-0.39, 0.29) is 23.5 Å². The largest absolute Gasteiger partial charge is 0.381 e. The van der Waals surface area contributed by atoms with E-state index in [9.17, 15) is 9.59 Å². The van der Waals surface area contributed by atoms with Crippen LogP contribution >= 0.6 is 0 Å². The highest BCUT2D eigenvalue weighted by molar-refractivity contribution is 5.79. The summed E-state index contributed by atoms with van der Waals surface area (Å²) in [6, 6.07) is 10.6. The van der Waals surface area contributed by atoms with Gasteiger partial charge in [-0.3, -0.25) is 4.79 Å². The molecule has 0 atom stereocenters. The van der Waals surface area contributed by atoms with Crippen LogP contribution in [0.3, 0.4) is 0 Å². The van der Waals surface area contributed by atoms with E-state index < -0.39 is 0 Å². The summed E-state index contributed by atoms with van der Waals surface area (Å²) >= 11 is 0. The monoisotopic (exact) mass is 385 g/mol. The average Bonchev–Trinajstić information content (AvgIpc) is 3.04. The van der Waals surface area contributed by atoms with Gasteiger partial charge in [-0.2, -0.15) is 0 Å². The van der Waals surface area contributed by atoms with Crippen LogP contribution in [-0.2, 0) is 16.0 Å². The van der Waals surface area contributed by atoms with Crippen LogP contribution in [0.2, 0.25) is 0 Å². The van der Waals surface area contributed by atoms with Crippen molar-refractivity contribution in [3.8, 4) is 0 Å². The SMILES string of the molecule is O=C(CCCc1ccccc1)N1CCC(N2C(=O)NCC23CCOCC3)CC1. The van der Waals surface area contributed by atoms with Gasteiger partial charge in [-0.15, -0.1) is 0 Å². The smallest absolute Gasteiger partial charge is 0.318 e. The third-order valence-electron chi connectivity index (χ3n) is 6.60. The van der Waals surface area contributed by atoms with Crippen molar-refractivity contribution in [2.75, 3.05) is 32.8 Å². The van der Waals surface area contributed by atoms with Crippen LogP contribution in [-0.4, -0.2) is 66.2 Å². The van der Waals surface area contributed by atoms with E-state index >= 15 is 0 Å². The van der Waals surface area contributed by atoms with Crippen molar-refractivity contribution in [3.05, 3.63) is 35.9 Å². The van der Waals surface area contributed by atoms with Gasteiger partial charge in [0.1, 0.15) is 0 Å². The van der Waals surface area contributed by atoms with Crippen LogP contribution < -0.4 is 5.32 Å². The van der Waals surface area contributed by atoms with Gasteiger partial charge in [0.15, 0.2) is 0 Å². The maximum Gasteiger partial charge on any atom is 0.318 e. The van der Waals surface area contributed by atoms with Crippen molar-refractivity contribution in [2.24, 2.45) is 0 Å². The van der Waals surface area contributed by atoms with Gasteiger partial charge < -0.3 is 19.9 Å². The standard InChI is InChI=1S/C22H31N3O3/c26-20(8-4-7-18-5-2-1-3-6-18)24-13-9-19(10-14-24)25-21(27)23-17-22(25)11-15-28-16-12-22/h1-3,5-6,19H,4,7-17H2,(H,23,27). The van der Waals surface area contributed by atoms with Gasteiger partial charge in [-0.25, -0.2) is 4.79 Å². The Morgan fingerprint density at radius 1 is 1.14 bits per heavy atom. The third kappa shape index (κ3) is 4.02. The molecule has 0 aromatic heterocycles. The summed E-state index contributed by atoms with van der Waals surface area (Å²) in [5, 5.41) is 3.06. The van der Waals surface area contributed by atoms with Gasteiger partial charge in [0.2, 0.25) is 5.91 Å². The second-order valence-electron chi connectivity index (χ2n) is 8.32. The number of hydrogen-bond donors (Lipinski definition) is 1. The highest BCUT2D eigenvalue weighted by Crippen LogP contribution is 2.35. The van der Waals surface area contributed by atoms with E-state index in [4.69, 9.17) is 4.74 Å². The van der Waals surface area contributed by atoms with Gasteiger partial charge in [-0.1, -0.05) is 30.3 Å². The highest BCUT2D eigenvalue weighted by Gasteiger charge is 2.49. The second-order valence-corrected chi connectivity index (χ2v) is 8.32. The lowest BCUT2D eigenvalue weighted by Gasteiger charge is -2.46. The normalized spacial score (nSPS) is 22.5. The van der Waals surface area contributed by atoms with Gasteiger partial charge in [0, 0.05) is 45.3 Å². The Hall–Kier alpha value is -2.08. The molecule has 3 fully saturated rings. The molecule has 0 aliphatic carbocycles. The molecule has 3 aliphatic rings. The summed E-state index contributed by atoms with van der Waals surface area (Å²) in [6.45, 7) is 3.69. The molecule has 3 aliphatic heterocycles. The molecule has 6 nitrogen and oxygen atoms in total. The first kappa shape index (κ1) is 19.2. The molecule has 4 rings (SSSR count). The van der Waals surface area contributed by atoms with Crippen molar-refractivity contribution in [2.45, 2.75) is 56.5 Å². The van der Waals surface area contributed by atoms with E-state index in [2.05, 4.69) is 22.3 Å². The zero-order valence-electron chi connectivity index (χ0n) is 16.6. The average molecular weight is 386 g/mol. The van der Waals surface area contributed by atoms with Crippen LogP contribution in [0, 0.1) is 0 Å². The van der Waals surface area contributed by atoms with Crippen molar-refractivity contribution < 1.29 is 14.3 Å². The molecule has 1 aromatic rings. The Morgan fingerprint density at radius 3 is 2.57 bits per heavy atom. The van der Waals surface area contributed by atoms with Crippen LogP contribution in [0.4, 0.5) is 4.79 Å². The quantitative estimate of drug-likeness (QED) is 0.847. The minimum absolute atomic E-state index is 0.0644. The summed E-state index contributed by atoms with van der Waals surface area (Å²) in [5.41, 5.74) is 1.21. The number of nitrogens with one attached hydrogen (secondary N) is 1. The fourth-order valence-electron chi connectivity index (χ4n) is 4.97. The Kier molecular flexibility index (Phi) is 5.85. The number of rotatable bonds is 5. The summed E-state index contributed by atoms with van der Waals surface area (Å²) in [7, 11) is 0. The Morgan fingerprint density at radius 2 is 1.86 bits per heavy atom. The fraction of sp³-hybridized carbons (Fsp3) is 0.636. The maximum absolute atomic E-state index is 12.6. The Labute approximate surface area is 167 Å². The predicted octanol–water partition coefficient (Wildman–Crippen LogP) is 2.57. The minimum atomic E-state index is -0.0815. The molecule has 3 heterocycles. The zero-order valence-corrected chi connectivity index (χ0v) is 16.6. The van der Waals surface area contributed by atoms with Gasteiger partial charge >= 0.3 is 6.03 Å². The molecular formula is C22H31N3O3. The maximum atomic E-state index is 12.6. The topological polar surface area (TPSA) is 61.9 Å². The van der Waals surface area contributed by atoms with E-state index in [0.717, 1.165) is 71.4 Å². The first-order valence-corrected chi connectivity index (χ1v) is 10.6. The summed E-state index contributed by atoms with van der Waals surface area (Å²) in [5.74, 6) is 0.251. The number of urea groups is 1. The van der Waals surface area contributed by atoms with Gasteiger partial charge in [0.25, 0.3) is 0 Å². The van der Waals surface area contributed by atoms with Crippen molar-refractivity contribution in [3.63, 3.8) is 0 Å². The Bertz CT molecular complexity index is 680. The molecule has 0 unspecified atom stereocenters. The lowest BCUT2D eigenvalue weighted by molar-refractivity contribution is -0.133. The van der Waals surface area contributed by atoms with Gasteiger partial charge in [-0.05, 0) is 44.1 Å². The van der Waals surface area contributed by atoms with Gasteiger partial charge in [0.05, 0.1) is 5.54 Å². The first-order valence-electron chi connectivity index (χ1n) is 10.6. The number of benzene rings is 1. The lowest BCUT2D eigenvalue weighted by atomic mass is 9.86. The van der Waals surface area contributed by atoms with Crippen molar-refractivity contribution in [1.82, 2.24) is 15.1 Å². The predicted molar refractivity (Wildman–Crippen MR) is 107 cm³/mol. The number of aryl methyl sites for hydroxylation is 1. The van der Waals surface area contributed by atoms with Crippen LogP contribution in [0.5, 0.6) is 0 Å². The molecule has 152 valence electrons. The molecule has 28 heavy (non-hydrogen) atoms. The second kappa shape index (κ2) is 8.52. The van der Waals surface area contributed by atoms with Crippen LogP contribution in [0.25, 0.3) is 0 Å². The number of carbonyl (C=O) groups excluding carboxylic acids is 2. The van der Waals surface area contributed by atoms with Crippen LogP contribution in [0.15, 0.2) is 30.3 Å². The molecule has 6 heteroatoms. The summed E-state index contributed by atoms with van der Waals surface area (Å²) < 4.78 is 5.53. The van der Waals surface area contributed by atoms with E-state index in [1.165, 1.54) is 5.56 Å². The fourth-order valence-corrected chi connectivity index (χ4v) is 4.97. The molecule has 3 saturated heterocycles. The number of piperidine rings is 1. The van der Waals surface area contributed by atoms with Crippen molar-refractivity contribution >= 4 is 11.9 Å². The van der Waals surface area contributed by atoms with E-state index in [1.54, 1.807) is 0 Å². The number of likely N-dealkylation sites (tertiary alicyclic amines) is 1. The summed E-state index contributed by atoms with van der Waals surface area (Å²) in [4.78, 5) is 29.2. The van der Waals surface area contributed by atoms with E-state index in [1.807, 2.05) is 23.1 Å². The number of amides is 3. The molecule has 3 amide bonds. The van der Waals surface area contributed by atoms with Crippen molar-refractivity contribution in [1.29, 1.82) is 0 Å². The lowest BCUT2D eigenvalue weighted by Crippen LogP contribution is -2.57. The molecule has 1 aromatic carbocycles. The molecular weight excluding hydrogens is 354 g/mol.